The molecule has 2 rings (SSSR count). The fraction of sp³-hybridized carbons (Fsp3) is 0.556. The van der Waals surface area contributed by atoms with E-state index in [2.05, 4.69) is 16.5 Å². The predicted molar refractivity (Wildman–Crippen MR) is 99.1 cm³/mol. The first-order valence-electron chi connectivity index (χ1n) is 8.45. The van der Waals surface area contributed by atoms with Gasteiger partial charge in [-0.3, -0.25) is 14.7 Å². The van der Waals surface area contributed by atoms with Gasteiger partial charge >= 0.3 is 0 Å². The first-order chi connectivity index (χ1) is 11.8. The molecule has 0 saturated carbocycles. The molecule has 1 fully saturated rings. The molecule has 24 heavy (non-hydrogen) atoms. The van der Waals surface area contributed by atoms with Crippen molar-refractivity contribution in [2.24, 2.45) is 0 Å². The van der Waals surface area contributed by atoms with Crippen molar-refractivity contribution in [3.8, 4) is 0 Å². The first-order valence-corrected chi connectivity index (χ1v) is 9.60. The van der Waals surface area contributed by atoms with Crippen molar-refractivity contribution < 1.29 is 9.53 Å². The van der Waals surface area contributed by atoms with Gasteiger partial charge in [-0.25, -0.2) is 0 Å². The first kappa shape index (κ1) is 19.0. The maximum Gasteiger partial charge on any atom is 0.232 e. The van der Waals surface area contributed by atoms with Crippen molar-refractivity contribution in [1.29, 1.82) is 0 Å². The van der Waals surface area contributed by atoms with Gasteiger partial charge in [-0.2, -0.15) is 0 Å². The van der Waals surface area contributed by atoms with Gasteiger partial charge in [0, 0.05) is 50.9 Å². The highest BCUT2D eigenvalue weighted by atomic mass is 32.2. The van der Waals surface area contributed by atoms with E-state index in [1.165, 1.54) is 0 Å². The number of hydrogen-bond acceptors (Lipinski definition) is 5. The minimum absolute atomic E-state index is 0.195. The summed E-state index contributed by atoms with van der Waals surface area (Å²) in [5.74, 6) is 1.51. The summed E-state index contributed by atoms with van der Waals surface area (Å²) in [6, 6.07) is 3.94. The van der Waals surface area contributed by atoms with Gasteiger partial charge in [-0.05, 0) is 24.1 Å². The molecule has 0 aromatic carbocycles. The molecule has 0 N–H and O–H groups in total. The van der Waals surface area contributed by atoms with Crippen LogP contribution >= 0.6 is 11.8 Å². The van der Waals surface area contributed by atoms with Crippen molar-refractivity contribution >= 4 is 17.7 Å². The van der Waals surface area contributed by atoms with Gasteiger partial charge in [0.25, 0.3) is 0 Å². The molecule has 2 heterocycles. The highest BCUT2D eigenvalue weighted by Gasteiger charge is 2.15. The molecule has 6 heteroatoms. The van der Waals surface area contributed by atoms with Crippen molar-refractivity contribution in [1.82, 2.24) is 14.8 Å². The molecule has 0 radical (unpaired) electrons. The van der Waals surface area contributed by atoms with Crippen LogP contribution in [-0.4, -0.2) is 71.6 Å². The molecular formula is C18H27N3O2S. The third kappa shape index (κ3) is 7.03. The number of rotatable bonds is 10. The van der Waals surface area contributed by atoms with Gasteiger partial charge < -0.3 is 9.64 Å². The number of ether oxygens (including phenoxy) is 1. The molecule has 1 aliphatic rings. The number of morpholine rings is 1. The number of carbonyl (C=O) groups is 1. The van der Waals surface area contributed by atoms with Crippen molar-refractivity contribution in [2.45, 2.75) is 13.0 Å². The Balaban J connectivity index is 1.83. The Bertz CT molecular complexity index is 492. The lowest BCUT2D eigenvalue weighted by atomic mass is 10.2. The number of thioether (sulfide) groups is 1. The van der Waals surface area contributed by atoms with Crippen molar-refractivity contribution in [3.63, 3.8) is 0 Å². The van der Waals surface area contributed by atoms with Crippen LogP contribution < -0.4 is 0 Å². The second-order valence-corrected chi connectivity index (χ2v) is 6.81. The maximum atomic E-state index is 12.5. The van der Waals surface area contributed by atoms with Gasteiger partial charge in [-0.15, -0.1) is 18.3 Å². The van der Waals surface area contributed by atoms with Gasteiger partial charge in [0.2, 0.25) is 5.91 Å². The van der Waals surface area contributed by atoms with Crippen LogP contribution in [0.15, 0.2) is 37.2 Å². The zero-order valence-electron chi connectivity index (χ0n) is 14.2. The minimum atomic E-state index is 0.195. The summed E-state index contributed by atoms with van der Waals surface area (Å²) >= 11 is 1.61. The van der Waals surface area contributed by atoms with Crippen LogP contribution in [0.1, 0.15) is 12.0 Å². The van der Waals surface area contributed by atoms with Crippen LogP contribution in [-0.2, 0) is 16.1 Å². The number of nitrogens with zero attached hydrogens (tertiary/aromatic N) is 3. The molecule has 0 spiro atoms. The third-order valence-corrected chi connectivity index (χ3v) is 4.87. The average molecular weight is 350 g/mol. The number of aromatic nitrogens is 1. The SMILES string of the molecule is C=CCSCC(=O)N(CCCN1CCOCC1)Cc1ccncc1. The lowest BCUT2D eigenvalue weighted by Gasteiger charge is -2.28. The molecular weight excluding hydrogens is 322 g/mol. The van der Waals surface area contributed by atoms with E-state index in [4.69, 9.17) is 4.74 Å². The molecule has 1 aromatic heterocycles. The summed E-state index contributed by atoms with van der Waals surface area (Å²) in [6.07, 6.45) is 6.38. The molecule has 0 atom stereocenters. The Morgan fingerprint density at radius 3 is 2.83 bits per heavy atom. The quantitative estimate of drug-likeness (QED) is 0.478. The van der Waals surface area contributed by atoms with E-state index in [1.54, 1.807) is 24.2 Å². The summed E-state index contributed by atoms with van der Waals surface area (Å²) in [5, 5.41) is 0. The standard InChI is InChI=1S/C18H27N3O2S/c1-2-14-24-16-18(22)21(15-17-4-6-19-7-5-17)9-3-8-20-10-12-23-13-11-20/h2,4-7H,1,3,8-16H2. The highest BCUT2D eigenvalue weighted by Crippen LogP contribution is 2.09. The average Bonchev–Trinajstić information content (AvgIpc) is 2.63. The van der Waals surface area contributed by atoms with E-state index in [1.807, 2.05) is 23.1 Å². The number of hydrogen-bond donors (Lipinski definition) is 0. The maximum absolute atomic E-state index is 12.5. The third-order valence-electron chi connectivity index (χ3n) is 3.94. The molecule has 132 valence electrons. The van der Waals surface area contributed by atoms with E-state index in [-0.39, 0.29) is 5.91 Å². The summed E-state index contributed by atoms with van der Waals surface area (Å²) in [7, 11) is 0. The van der Waals surface area contributed by atoms with E-state index in [0.717, 1.165) is 57.1 Å². The van der Waals surface area contributed by atoms with Crippen molar-refractivity contribution in [3.05, 3.63) is 42.7 Å². The Kier molecular flexibility index (Phi) is 8.87. The van der Waals surface area contributed by atoms with E-state index in [0.29, 0.717) is 12.3 Å². The fourth-order valence-corrected chi connectivity index (χ4v) is 3.27. The van der Waals surface area contributed by atoms with Crippen LogP contribution in [0, 0.1) is 0 Å². The van der Waals surface area contributed by atoms with Crippen LogP contribution in [0.4, 0.5) is 0 Å². The summed E-state index contributed by atoms with van der Waals surface area (Å²) < 4.78 is 5.38. The summed E-state index contributed by atoms with van der Waals surface area (Å²) in [4.78, 5) is 20.9. The van der Waals surface area contributed by atoms with Crippen LogP contribution in [0.3, 0.4) is 0 Å². The second-order valence-electron chi connectivity index (χ2n) is 5.78. The normalized spacial score (nSPS) is 15.2. The Morgan fingerprint density at radius 1 is 1.38 bits per heavy atom. The van der Waals surface area contributed by atoms with Crippen LogP contribution in [0.25, 0.3) is 0 Å². The smallest absolute Gasteiger partial charge is 0.232 e. The van der Waals surface area contributed by atoms with Crippen molar-refractivity contribution in [2.75, 3.05) is 50.9 Å². The predicted octanol–water partition coefficient (Wildman–Crippen LogP) is 2.05. The Hall–Kier alpha value is -1.37. The zero-order valence-corrected chi connectivity index (χ0v) is 15.0. The summed E-state index contributed by atoms with van der Waals surface area (Å²) in [5.41, 5.74) is 1.12. The number of pyridine rings is 1. The topological polar surface area (TPSA) is 45.7 Å². The minimum Gasteiger partial charge on any atom is -0.379 e. The molecule has 1 saturated heterocycles. The van der Waals surface area contributed by atoms with Gasteiger partial charge in [0.15, 0.2) is 0 Å². The van der Waals surface area contributed by atoms with E-state index < -0.39 is 0 Å². The molecule has 0 aliphatic carbocycles. The molecule has 1 amide bonds. The van der Waals surface area contributed by atoms with Gasteiger partial charge in [0.1, 0.15) is 0 Å². The Labute approximate surface area is 149 Å². The monoisotopic (exact) mass is 349 g/mol. The second kappa shape index (κ2) is 11.2. The van der Waals surface area contributed by atoms with E-state index >= 15 is 0 Å². The fourth-order valence-electron chi connectivity index (χ4n) is 2.63. The Morgan fingerprint density at radius 2 is 2.12 bits per heavy atom. The van der Waals surface area contributed by atoms with E-state index in [9.17, 15) is 4.79 Å². The molecule has 1 aromatic rings. The van der Waals surface area contributed by atoms with Crippen LogP contribution in [0.5, 0.6) is 0 Å². The van der Waals surface area contributed by atoms with Gasteiger partial charge in [0.05, 0.1) is 19.0 Å². The molecule has 5 nitrogen and oxygen atoms in total. The molecule has 0 unspecified atom stereocenters. The summed E-state index contributed by atoms with van der Waals surface area (Å²) in [6.45, 7) is 9.78. The lowest BCUT2D eigenvalue weighted by molar-refractivity contribution is -0.129. The largest absolute Gasteiger partial charge is 0.379 e. The molecule has 1 aliphatic heterocycles. The zero-order chi connectivity index (χ0) is 17.0. The molecule has 0 bridgehead atoms. The highest BCUT2D eigenvalue weighted by molar-refractivity contribution is 8.00. The van der Waals surface area contributed by atoms with Gasteiger partial charge in [-0.1, -0.05) is 6.08 Å². The number of carbonyl (C=O) groups excluding carboxylic acids is 1. The number of amides is 1. The lowest BCUT2D eigenvalue weighted by Crippen LogP contribution is -2.39. The van der Waals surface area contributed by atoms with Crippen LogP contribution in [0.2, 0.25) is 0 Å².